The van der Waals surface area contributed by atoms with Crippen molar-refractivity contribution in [3.8, 4) is 0 Å². The summed E-state index contributed by atoms with van der Waals surface area (Å²) in [6, 6.07) is 0. The Bertz CT molecular complexity index is 309. The van der Waals surface area contributed by atoms with Gasteiger partial charge in [0.15, 0.2) is 0 Å². The van der Waals surface area contributed by atoms with Gasteiger partial charge in [0, 0.05) is 19.7 Å². The van der Waals surface area contributed by atoms with Crippen molar-refractivity contribution < 1.29 is 9.84 Å². The van der Waals surface area contributed by atoms with Gasteiger partial charge in [0.05, 0.1) is 12.7 Å². The van der Waals surface area contributed by atoms with E-state index in [4.69, 9.17) is 4.74 Å². The van der Waals surface area contributed by atoms with Crippen molar-refractivity contribution in [1.82, 2.24) is 4.90 Å². The summed E-state index contributed by atoms with van der Waals surface area (Å²) in [4.78, 5) is 2.40. The Morgan fingerprint density at radius 3 is 2.85 bits per heavy atom. The maximum Gasteiger partial charge on any atom is 0.0900 e. The topological polar surface area (TPSA) is 32.7 Å². The van der Waals surface area contributed by atoms with Gasteiger partial charge in [-0.25, -0.2) is 0 Å². The number of hydrogen-bond donors (Lipinski definition) is 1. The Balaban J connectivity index is 1.30. The normalized spacial score (nSPS) is 39.3. The van der Waals surface area contributed by atoms with Crippen LogP contribution in [0.25, 0.3) is 0 Å². The lowest BCUT2D eigenvalue weighted by Crippen LogP contribution is -2.41. The zero-order valence-electron chi connectivity index (χ0n) is 13.0. The van der Waals surface area contributed by atoms with Crippen LogP contribution in [0.15, 0.2) is 0 Å². The van der Waals surface area contributed by atoms with Crippen molar-refractivity contribution in [2.24, 2.45) is 23.7 Å². The van der Waals surface area contributed by atoms with Crippen LogP contribution in [0.3, 0.4) is 0 Å². The molecule has 3 rings (SSSR count). The van der Waals surface area contributed by atoms with Gasteiger partial charge in [0.1, 0.15) is 0 Å². The fraction of sp³-hybridized carbons (Fsp3) is 1.00. The molecule has 20 heavy (non-hydrogen) atoms. The van der Waals surface area contributed by atoms with Gasteiger partial charge >= 0.3 is 0 Å². The molecular formula is C17H31NO2. The highest BCUT2D eigenvalue weighted by Gasteiger charge is 2.39. The molecule has 116 valence electrons. The predicted molar refractivity (Wildman–Crippen MR) is 80.6 cm³/mol. The van der Waals surface area contributed by atoms with Gasteiger partial charge in [-0.05, 0) is 62.3 Å². The van der Waals surface area contributed by atoms with Crippen LogP contribution < -0.4 is 0 Å². The number of rotatable bonds is 6. The first-order chi connectivity index (χ1) is 9.70. The Hall–Kier alpha value is -0.120. The van der Waals surface area contributed by atoms with E-state index < -0.39 is 0 Å². The van der Waals surface area contributed by atoms with Crippen molar-refractivity contribution in [3.05, 3.63) is 0 Å². The zero-order valence-corrected chi connectivity index (χ0v) is 13.0. The molecule has 1 heterocycles. The van der Waals surface area contributed by atoms with E-state index in [0.29, 0.717) is 6.61 Å². The first-order valence-electron chi connectivity index (χ1n) is 8.69. The first-order valence-corrected chi connectivity index (χ1v) is 8.69. The van der Waals surface area contributed by atoms with E-state index in [9.17, 15) is 5.11 Å². The molecule has 0 spiro atoms. The van der Waals surface area contributed by atoms with Crippen molar-refractivity contribution in [2.75, 3.05) is 32.8 Å². The summed E-state index contributed by atoms with van der Waals surface area (Å²) in [6.45, 7) is 6.80. The average Bonchev–Trinajstić information content (AvgIpc) is 3.01. The molecule has 1 aliphatic heterocycles. The first kappa shape index (κ1) is 14.8. The highest BCUT2D eigenvalue weighted by Crippen LogP contribution is 2.48. The summed E-state index contributed by atoms with van der Waals surface area (Å²) in [5.74, 6) is 3.50. The fourth-order valence-electron chi connectivity index (χ4n) is 4.74. The molecule has 2 aliphatic carbocycles. The third kappa shape index (κ3) is 3.75. The molecule has 2 saturated carbocycles. The number of aliphatic hydroxyl groups excluding tert-OH is 1. The molecule has 3 heteroatoms. The largest absolute Gasteiger partial charge is 0.389 e. The quantitative estimate of drug-likeness (QED) is 0.812. The Kier molecular flexibility index (Phi) is 5.00. The SMILES string of the molecule is C[C@@H]1CCCN(C[C@H](O)COC[C@@H]2C[C@H]3CC[C@H]2C3)C1. The molecular weight excluding hydrogens is 250 g/mol. The lowest BCUT2D eigenvalue weighted by atomic mass is 9.90. The molecule has 0 radical (unpaired) electrons. The lowest BCUT2D eigenvalue weighted by molar-refractivity contribution is -0.00689. The Morgan fingerprint density at radius 1 is 1.25 bits per heavy atom. The summed E-state index contributed by atoms with van der Waals surface area (Å²) in [5.41, 5.74) is 0. The van der Waals surface area contributed by atoms with E-state index in [0.717, 1.165) is 49.9 Å². The standard InChI is InChI=1S/C17H31NO2/c1-13-3-2-6-18(9-13)10-17(19)12-20-11-16-8-14-4-5-15(16)7-14/h13-17,19H,2-12H2,1H3/t13-,14+,15+,16+,17+/m1/s1. The molecule has 3 fully saturated rings. The molecule has 1 saturated heterocycles. The minimum atomic E-state index is -0.307. The van der Waals surface area contributed by atoms with Crippen LogP contribution in [0.4, 0.5) is 0 Å². The van der Waals surface area contributed by atoms with Crippen LogP contribution >= 0.6 is 0 Å². The molecule has 0 aromatic rings. The zero-order chi connectivity index (χ0) is 13.9. The fourth-order valence-corrected chi connectivity index (χ4v) is 4.74. The van der Waals surface area contributed by atoms with Crippen LogP contribution in [0.2, 0.25) is 0 Å². The molecule has 2 bridgehead atoms. The van der Waals surface area contributed by atoms with E-state index in [1.54, 1.807) is 0 Å². The number of nitrogens with zero attached hydrogens (tertiary/aromatic N) is 1. The number of hydrogen-bond acceptors (Lipinski definition) is 3. The van der Waals surface area contributed by atoms with Crippen LogP contribution in [-0.2, 0) is 4.74 Å². The molecule has 0 unspecified atom stereocenters. The number of fused-ring (bicyclic) bond motifs is 2. The van der Waals surface area contributed by atoms with E-state index in [1.165, 1.54) is 38.5 Å². The third-order valence-electron chi connectivity index (χ3n) is 5.74. The summed E-state index contributed by atoms with van der Waals surface area (Å²) < 4.78 is 5.82. The van der Waals surface area contributed by atoms with E-state index in [1.807, 2.05) is 0 Å². The molecule has 0 aromatic heterocycles. The maximum atomic E-state index is 10.1. The second-order valence-corrected chi connectivity index (χ2v) is 7.63. The van der Waals surface area contributed by atoms with Crippen LogP contribution in [-0.4, -0.2) is 49.0 Å². The van der Waals surface area contributed by atoms with Gasteiger partial charge in [-0.15, -0.1) is 0 Å². The number of aliphatic hydroxyl groups is 1. The monoisotopic (exact) mass is 281 g/mol. The number of ether oxygens (including phenoxy) is 1. The predicted octanol–water partition coefficient (Wildman–Crippen LogP) is 2.53. The maximum absolute atomic E-state index is 10.1. The smallest absolute Gasteiger partial charge is 0.0900 e. The number of likely N-dealkylation sites (tertiary alicyclic amines) is 1. The van der Waals surface area contributed by atoms with E-state index >= 15 is 0 Å². The van der Waals surface area contributed by atoms with Gasteiger partial charge in [-0.1, -0.05) is 13.3 Å². The van der Waals surface area contributed by atoms with Gasteiger partial charge in [-0.2, -0.15) is 0 Å². The van der Waals surface area contributed by atoms with E-state index in [2.05, 4.69) is 11.8 Å². The van der Waals surface area contributed by atoms with Crippen LogP contribution in [0, 0.1) is 23.7 Å². The molecule has 5 atom stereocenters. The molecule has 3 aliphatic rings. The molecule has 0 amide bonds. The lowest BCUT2D eigenvalue weighted by Gasteiger charge is -2.32. The number of piperidine rings is 1. The van der Waals surface area contributed by atoms with Crippen molar-refractivity contribution >= 4 is 0 Å². The molecule has 0 aromatic carbocycles. The summed E-state index contributed by atoms with van der Waals surface area (Å²) in [7, 11) is 0. The second-order valence-electron chi connectivity index (χ2n) is 7.63. The Morgan fingerprint density at radius 2 is 2.15 bits per heavy atom. The van der Waals surface area contributed by atoms with Gasteiger partial charge in [0.25, 0.3) is 0 Å². The van der Waals surface area contributed by atoms with Crippen LogP contribution in [0.5, 0.6) is 0 Å². The summed E-state index contributed by atoms with van der Waals surface area (Å²) >= 11 is 0. The van der Waals surface area contributed by atoms with Gasteiger partial charge < -0.3 is 14.7 Å². The van der Waals surface area contributed by atoms with Crippen molar-refractivity contribution in [1.29, 1.82) is 0 Å². The third-order valence-corrected chi connectivity index (χ3v) is 5.74. The molecule has 1 N–H and O–H groups in total. The summed E-state index contributed by atoms with van der Waals surface area (Å²) in [5, 5.41) is 10.1. The molecule has 3 nitrogen and oxygen atoms in total. The number of β-amino-alcohol motifs (C(OH)–C–C–N with tert-alkyl or cyclic N) is 1. The highest BCUT2D eigenvalue weighted by atomic mass is 16.5. The average molecular weight is 281 g/mol. The minimum Gasteiger partial charge on any atom is -0.389 e. The summed E-state index contributed by atoms with van der Waals surface area (Å²) in [6.07, 6.45) is 8.02. The van der Waals surface area contributed by atoms with Gasteiger partial charge in [0.2, 0.25) is 0 Å². The minimum absolute atomic E-state index is 0.307. The van der Waals surface area contributed by atoms with Crippen molar-refractivity contribution in [2.45, 2.75) is 51.6 Å². The Labute approximate surface area is 123 Å². The van der Waals surface area contributed by atoms with Crippen LogP contribution in [0.1, 0.15) is 45.4 Å². The van der Waals surface area contributed by atoms with E-state index in [-0.39, 0.29) is 6.10 Å². The van der Waals surface area contributed by atoms with Crippen molar-refractivity contribution in [3.63, 3.8) is 0 Å². The van der Waals surface area contributed by atoms with Gasteiger partial charge in [-0.3, -0.25) is 0 Å². The highest BCUT2D eigenvalue weighted by molar-refractivity contribution is 4.89. The second kappa shape index (κ2) is 6.76.